The summed E-state index contributed by atoms with van der Waals surface area (Å²) in [5.74, 6) is 0. The molecule has 0 amide bonds. The third-order valence-corrected chi connectivity index (χ3v) is 3.10. The molecule has 0 fully saturated rings. The van der Waals surface area contributed by atoms with Crippen LogP contribution in [-0.2, 0) is 26.9 Å². The molecular weight excluding hydrogens is 260 g/mol. The molecule has 10 heteroatoms. The van der Waals surface area contributed by atoms with Gasteiger partial charge in [-0.05, 0) is 10.4 Å². The summed E-state index contributed by atoms with van der Waals surface area (Å²) in [6, 6.07) is 0. The van der Waals surface area contributed by atoms with Crippen LogP contribution < -0.4 is 0 Å². The molecule has 0 atom stereocenters. The van der Waals surface area contributed by atoms with Crippen LogP contribution in [0.2, 0.25) is 0 Å². The van der Waals surface area contributed by atoms with Crippen molar-refractivity contribution < 1.29 is 25.5 Å². The quantitative estimate of drug-likeness (QED) is 0.384. The van der Waals surface area contributed by atoms with Crippen LogP contribution in [0.15, 0.2) is 22.4 Å². The van der Waals surface area contributed by atoms with Crippen molar-refractivity contribution in [2.75, 3.05) is 0 Å². The molecule has 77 valence electrons. The Bertz CT molecular complexity index is 571. The maximum absolute atomic E-state index is 11.1. The summed E-state index contributed by atoms with van der Waals surface area (Å²) < 4.78 is 22.1. The normalized spacial score (nSPS) is 15.7. The molecule has 0 saturated carbocycles. The molecular formula is C4H2CuN6O2S. The van der Waals surface area contributed by atoms with E-state index in [0.29, 0.717) is 0 Å². The van der Waals surface area contributed by atoms with Gasteiger partial charge in [0.1, 0.15) is 0 Å². The standard InChI is InChI=1S/C4H2N6O2S.Cu/c11-13(12)3-4(13)10(8-6-3)9-2-1-5-7-9;/h1-2H;. The fourth-order valence-electron chi connectivity index (χ4n) is 1.02. The van der Waals surface area contributed by atoms with Crippen molar-refractivity contribution in [2.45, 2.75) is 10.1 Å². The second-order valence-corrected chi connectivity index (χ2v) is 4.20. The van der Waals surface area contributed by atoms with Gasteiger partial charge in [0.15, 0.2) is 0 Å². The number of rotatable bonds is 1. The van der Waals surface area contributed by atoms with E-state index in [1.54, 1.807) is 0 Å². The topological polar surface area (TPSA) is 95.6 Å². The third kappa shape index (κ3) is 0.953. The second kappa shape index (κ2) is 2.62. The molecule has 0 aliphatic carbocycles. The summed E-state index contributed by atoms with van der Waals surface area (Å²) in [5, 5.41) is 14.2. The number of fused-ring (bicyclic) bond motifs is 1. The molecule has 0 spiro atoms. The molecule has 14 heavy (non-hydrogen) atoms. The zero-order chi connectivity index (χ0) is 9.05. The van der Waals surface area contributed by atoms with Gasteiger partial charge in [0.05, 0.1) is 12.4 Å². The number of aromatic nitrogens is 6. The molecule has 3 rings (SSSR count). The van der Waals surface area contributed by atoms with Crippen molar-refractivity contribution in [3.8, 4) is 0 Å². The number of sulfone groups is 1. The monoisotopic (exact) mass is 261 g/mol. The Balaban J connectivity index is 0.000000750. The van der Waals surface area contributed by atoms with E-state index in [9.17, 15) is 8.42 Å². The van der Waals surface area contributed by atoms with Gasteiger partial charge < -0.3 is 0 Å². The van der Waals surface area contributed by atoms with Crippen molar-refractivity contribution >= 4 is 9.84 Å². The Morgan fingerprint density at radius 2 is 2.07 bits per heavy atom. The maximum atomic E-state index is 11.1. The SMILES string of the molecule is O=S1(=O)c2nnn(-n3ccnn3)c21.[Cu]. The van der Waals surface area contributed by atoms with E-state index in [1.807, 2.05) is 0 Å². The molecule has 3 heterocycles. The van der Waals surface area contributed by atoms with Gasteiger partial charge in [0.2, 0.25) is 10.1 Å². The molecule has 2 aromatic rings. The van der Waals surface area contributed by atoms with Crippen LogP contribution in [0.1, 0.15) is 0 Å². The van der Waals surface area contributed by atoms with Crippen molar-refractivity contribution in [1.29, 1.82) is 0 Å². The van der Waals surface area contributed by atoms with Crippen molar-refractivity contribution in [1.82, 2.24) is 30.2 Å². The van der Waals surface area contributed by atoms with Crippen LogP contribution in [0.4, 0.5) is 0 Å². The van der Waals surface area contributed by atoms with Gasteiger partial charge in [0.25, 0.3) is 9.84 Å². The van der Waals surface area contributed by atoms with E-state index >= 15 is 0 Å². The van der Waals surface area contributed by atoms with Crippen LogP contribution in [0, 0.1) is 0 Å². The smallest absolute Gasteiger partial charge is 0.215 e. The first-order chi connectivity index (χ1) is 6.21. The molecule has 2 aromatic heterocycles. The Labute approximate surface area is 88.3 Å². The molecule has 0 saturated heterocycles. The zero-order valence-electron chi connectivity index (χ0n) is 6.36. The van der Waals surface area contributed by atoms with Crippen molar-refractivity contribution in [2.24, 2.45) is 0 Å². The molecule has 0 aromatic carbocycles. The van der Waals surface area contributed by atoms with Crippen LogP contribution in [0.3, 0.4) is 0 Å². The second-order valence-electron chi connectivity index (χ2n) is 2.42. The van der Waals surface area contributed by atoms with Crippen molar-refractivity contribution in [3.05, 3.63) is 12.4 Å². The summed E-state index contributed by atoms with van der Waals surface area (Å²) in [7, 11) is -3.26. The van der Waals surface area contributed by atoms with E-state index in [1.165, 1.54) is 17.2 Å². The first-order valence-electron chi connectivity index (χ1n) is 3.29. The van der Waals surface area contributed by atoms with E-state index in [2.05, 4.69) is 20.6 Å². The minimum atomic E-state index is -3.26. The third-order valence-electron chi connectivity index (χ3n) is 1.66. The number of hydrogen-bond acceptors (Lipinski definition) is 6. The first-order valence-corrected chi connectivity index (χ1v) is 4.77. The van der Waals surface area contributed by atoms with Crippen LogP contribution in [0.25, 0.3) is 0 Å². The summed E-state index contributed by atoms with van der Waals surface area (Å²) in [6.45, 7) is 0. The maximum Gasteiger partial charge on any atom is 0.250 e. The Kier molecular flexibility index (Phi) is 1.74. The molecule has 0 N–H and O–H groups in total. The zero-order valence-corrected chi connectivity index (χ0v) is 8.12. The van der Waals surface area contributed by atoms with Crippen molar-refractivity contribution in [3.63, 3.8) is 0 Å². The summed E-state index contributed by atoms with van der Waals surface area (Å²) >= 11 is 0. The number of nitrogens with zero attached hydrogens (tertiary/aromatic N) is 6. The van der Waals surface area contributed by atoms with Gasteiger partial charge in [-0.25, -0.2) is 8.42 Å². The fourth-order valence-corrected chi connectivity index (χ4v) is 2.18. The van der Waals surface area contributed by atoms with Gasteiger partial charge in [-0.15, -0.1) is 19.8 Å². The Morgan fingerprint density at radius 3 is 2.57 bits per heavy atom. The summed E-state index contributed by atoms with van der Waals surface area (Å²) in [4.78, 5) is 2.27. The first kappa shape index (κ1) is 9.31. The Morgan fingerprint density at radius 1 is 1.29 bits per heavy atom. The average molecular weight is 262 g/mol. The molecule has 1 aliphatic rings. The summed E-state index contributed by atoms with van der Waals surface area (Å²) in [6.07, 6.45) is 2.89. The number of hydrogen-bond donors (Lipinski definition) is 0. The predicted molar refractivity (Wildman–Crippen MR) is 36.3 cm³/mol. The molecule has 0 bridgehead atoms. The minimum Gasteiger partial charge on any atom is -0.215 e. The van der Waals surface area contributed by atoms with E-state index in [4.69, 9.17) is 0 Å². The van der Waals surface area contributed by atoms with E-state index in [-0.39, 0.29) is 27.1 Å². The van der Waals surface area contributed by atoms with Gasteiger partial charge in [-0.1, -0.05) is 0 Å². The van der Waals surface area contributed by atoms with Gasteiger partial charge in [-0.2, -0.15) is 0 Å². The fraction of sp³-hybridized carbons (Fsp3) is 0. The van der Waals surface area contributed by atoms with Gasteiger partial charge in [-0.3, -0.25) is 0 Å². The molecule has 8 nitrogen and oxygen atoms in total. The predicted octanol–water partition coefficient (Wildman–Crippen LogP) is -1.68. The molecule has 0 unspecified atom stereocenters. The largest absolute Gasteiger partial charge is 0.250 e. The summed E-state index contributed by atoms with van der Waals surface area (Å²) in [5.41, 5.74) is 0. The van der Waals surface area contributed by atoms with Crippen LogP contribution in [0.5, 0.6) is 0 Å². The van der Waals surface area contributed by atoms with Gasteiger partial charge in [0, 0.05) is 17.1 Å². The van der Waals surface area contributed by atoms with Crippen LogP contribution >= 0.6 is 0 Å². The minimum absolute atomic E-state index is 0. The van der Waals surface area contributed by atoms with E-state index in [0.717, 1.165) is 4.79 Å². The Hall–Kier alpha value is -1.25. The van der Waals surface area contributed by atoms with Crippen LogP contribution in [-0.4, -0.2) is 38.6 Å². The van der Waals surface area contributed by atoms with E-state index < -0.39 is 9.84 Å². The molecule has 1 aliphatic heterocycles. The molecule has 1 radical (unpaired) electrons. The average Bonchev–Trinajstić information content (AvgIpc) is 2.63. The van der Waals surface area contributed by atoms with Gasteiger partial charge >= 0.3 is 0 Å².